The minimum absolute atomic E-state index is 0.281. The third kappa shape index (κ3) is 3.61. The molecule has 0 aliphatic heterocycles. The van der Waals surface area contributed by atoms with Gasteiger partial charge >= 0.3 is 0 Å². The van der Waals surface area contributed by atoms with Gasteiger partial charge in [-0.2, -0.15) is 0 Å². The number of benzene rings is 3. The molecular formula is C23H24N2O3S. The number of hydrogen-bond acceptors (Lipinski definition) is 4. The molecule has 0 spiro atoms. The molecule has 0 aliphatic carbocycles. The van der Waals surface area contributed by atoms with Crippen LogP contribution in [0.4, 0.5) is 0 Å². The molecular weight excluding hydrogens is 384 g/mol. The van der Waals surface area contributed by atoms with Crippen LogP contribution in [-0.4, -0.2) is 45.0 Å². The largest absolute Gasteiger partial charge is 0.497 e. The second-order valence-electron chi connectivity index (χ2n) is 7.40. The maximum atomic E-state index is 13.5. The van der Waals surface area contributed by atoms with Gasteiger partial charge in [-0.15, -0.1) is 0 Å². The van der Waals surface area contributed by atoms with Gasteiger partial charge < -0.3 is 9.64 Å². The normalized spacial score (nSPS) is 12.1. The van der Waals surface area contributed by atoms with Gasteiger partial charge in [0.1, 0.15) is 5.75 Å². The van der Waals surface area contributed by atoms with Crippen LogP contribution in [0.15, 0.2) is 71.8 Å². The molecule has 0 N–H and O–H groups in total. The highest BCUT2D eigenvalue weighted by Crippen LogP contribution is 2.30. The van der Waals surface area contributed by atoms with E-state index in [-0.39, 0.29) is 4.90 Å². The van der Waals surface area contributed by atoms with Crippen LogP contribution < -0.4 is 4.74 Å². The molecule has 0 aliphatic rings. The summed E-state index contributed by atoms with van der Waals surface area (Å²) >= 11 is 0. The summed E-state index contributed by atoms with van der Waals surface area (Å²) in [5.74, 6) is 0.712. The highest BCUT2D eigenvalue weighted by molar-refractivity contribution is 7.90. The number of aromatic nitrogens is 1. The molecule has 6 heteroatoms. The van der Waals surface area contributed by atoms with E-state index < -0.39 is 10.0 Å². The molecule has 0 amide bonds. The van der Waals surface area contributed by atoms with Crippen molar-refractivity contribution in [2.45, 2.75) is 11.3 Å². The molecule has 0 atom stereocenters. The smallest absolute Gasteiger partial charge is 0.268 e. The van der Waals surface area contributed by atoms with Crippen LogP contribution >= 0.6 is 0 Å². The van der Waals surface area contributed by atoms with E-state index in [0.717, 1.165) is 34.7 Å². The number of nitrogens with zero attached hydrogens (tertiary/aromatic N) is 2. The zero-order valence-corrected chi connectivity index (χ0v) is 17.6. The van der Waals surface area contributed by atoms with Crippen molar-refractivity contribution < 1.29 is 13.2 Å². The minimum Gasteiger partial charge on any atom is -0.497 e. The van der Waals surface area contributed by atoms with Crippen molar-refractivity contribution >= 4 is 31.7 Å². The Labute approximate surface area is 171 Å². The van der Waals surface area contributed by atoms with Crippen molar-refractivity contribution in [3.63, 3.8) is 0 Å². The summed E-state index contributed by atoms with van der Waals surface area (Å²) in [5, 5.41) is 2.82. The van der Waals surface area contributed by atoms with Gasteiger partial charge in [0.15, 0.2) is 0 Å². The molecule has 0 radical (unpaired) electrons. The minimum atomic E-state index is -3.73. The maximum absolute atomic E-state index is 13.5. The van der Waals surface area contributed by atoms with Crippen LogP contribution in [0, 0.1) is 0 Å². The lowest BCUT2D eigenvalue weighted by atomic mass is 10.1. The van der Waals surface area contributed by atoms with E-state index in [9.17, 15) is 8.42 Å². The Kier molecular flexibility index (Phi) is 5.06. The standard InChI is InChI=1S/C23H24N2O3S/c1-24(2)13-12-19-16-25(23-11-9-20(28-3)15-22(19)23)29(26,27)21-10-8-17-6-4-5-7-18(17)14-21/h4-11,14-16H,12-13H2,1-3H3. The molecule has 5 nitrogen and oxygen atoms in total. The Balaban J connectivity index is 1.88. The van der Waals surface area contributed by atoms with E-state index in [1.807, 2.05) is 56.6 Å². The SMILES string of the molecule is COc1ccc2c(c1)c(CCN(C)C)cn2S(=O)(=O)c1ccc2ccccc2c1. The van der Waals surface area contributed by atoms with Gasteiger partial charge in [0.05, 0.1) is 17.5 Å². The van der Waals surface area contributed by atoms with Crippen molar-refractivity contribution in [3.05, 3.63) is 72.4 Å². The molecule has 150 valence electrons. The molecule has 0 saturated heterocycles. The van der Waals surface area contributed by atoms with E-state index in [1.165, 1.54) is 3.97 Å². The maximum Gasteiger partial charge on any atom is 0.268 e. The number of methoxy groups -OCH3 is 1. The Morgan fingerprint density at radius 1 is 0.966 bits per heavy atom. The van der Waals surface area contributed by atoms with Gasteiger partial charge in [-0.05, 0) is 67.2 Å². The molecule has 3 aromatic carbocycles. The van der Waals surface area contributed by atoms with Gasteiger partial charge in [0.2, 0.25) is 0 Å². The zero-order chi connectivity index (χ0) is 20.6. The Morgan fingerprint density at radius 3 is 2.45 bits per heavy atom. The molecule has 4 aromatic rings. The average Bonchev–Trinajstić information content (AvgIpc) is 3.10. The lowest BCUT2D eigenvalue weighted by molar-refractivity contribution is 0.413. The fourth-order valence-corrected chi connectivity index (χ4v) is 4.98. The first-order valence-electron chi connectivity index (χ1n) is 9.47. The van der Waals surface area contributed by atoms with Crippen LogP contribution in [0.3, 0.4) is 0 Å². The molecule has 0 unspecified atom stereocenters. The number of likely N-dealkylation sites (N-methyl/N-ethyl adjacent to an activating group) is 1. The Bertz CT molecular complexity index is 1290. The average molecular weight is 409 g/mol. The topological polar surface area (TPSA) is 51.5 Å². The third-order valence-corrected chi connectivity index (χ3v) is 6.84. The highest BCUT2D eigenvalue weighted by atomic mass is 32.2. The van der Waals surface area contributed by atoms with Crippen LogP contribution in [0.2, 0.25) is 0 Å². The molecule has 1 aromatic heterocycles. The zero-order valence-electron chi connectivity index (χ0n) is 16.8. The highest BCUT2D eigenvalue weighted by Gasteiger charge is 2.22. The number of ether oxygens (including phenoxy) is 1. The van der Waals surface area contributed by atoms with Crippen LogP contribution in [0.25, 0.3) is 21.7 Å². The van der Waals surface area contributed by atoms with Crippen LogP contribution in [-0.2, 0) is 16.4 Å². The summed E-state index contributed by atoms with van der Waals surface area (Å²) in [5.41, 5.74) is 1.64. The summed E-state index contributed by atoms with van der Waals surface area (Å²) in [7, 11) is 1.89. The predicted octanol–water partition coefficient (Wildman–Crippen LogP) is 4.14. The van der Waals surface area contributed by atoms with Gasteiger partial charge in [-0.25, -0.2) is 12.4 Å². The lowest BCUT2D eigenvalue weighted by Crippen LogP contribution is -2.15. The first kappa shape index (κ1) is 19.5. The third-order valence-electron chi connectivity index (χ3n) is 5.17. The Hall–Kier alpha value is -2.83. The number of hydrogen-bond donors (Lipinski definition) is 0. The second-order valence-corrected chi connectivity index (χ2v) is 9.22. The first-order chi connectivity index (χ1) is 13.9. The monoisotopic (exact) mass is 408 g/mol. The molecule has 0 fully saturated rings. The van der Waals surface area contributed by atoms with Gasteiger partial charge in [-0.3, -0.25) is 0 Å². The van der Waals surface area contributed by atoms with Gasteiger partial charge in [0.25, 0.3) is 10.0 Å². The number of rotatable bonds is 6. The van der Waals surface area contributed by atoms with Crippen molar-refractivity contribution in [2.75, 3.05) is 27.7 Å². The van der Waals surface area contributed by atoms with E-state index in [4.69, 9.17) is 4.74 Å². The van der Waals surface area contributed by atoms with Crippen molar-refractivity contribution in [1.29, 1.82) is 0 Å². The summed E-state index contributed by atoms with van der Waals surface area (Å²) in [6.45, 7) is 0.826. The fourth-order valence-electron chi connectivity index (χ4n) is 3.56. The quantitative estimate of drug-likeness (QED) is 0.481. The van der Waals surface area contributed by atoms with E-state index in [0.29, 0.717) is 11.3 Å². The second kappa shape index (κ2) is 7.54. The summed E-state index contributed by atoms with van der Waals surface area (Å²) in [4.78, 5) is 2.37. The Morgan fingerprint density at radius 2 is 1.72 bits per heavy atom. The summed E-state index contributed by atoms with van der Waals surface area (Å²) in [6, 6.07) is 18.5. The van der Waals surface area contributed by atoms with Gasteiger partial charge in [-0.1, -0.05) is 30.3 Å². The van der Waals surface area contributed by atoms with E-state index in [2.05, 4.69) is 4.90 Å². The van der Waals surface area contributed by atoms with E-state index >= 15 is 0 Å². The first-order valence-corrected chi connectivity index (χ1v) is 10.9. The number of fused-ring (bicyclic) bond motifs is 2. The summed E-state index contributed by atoms with van der Waals surface area (Å²) in [6.07, 6.45) is 2.50. The van der Waals surface area contributed by atoms with Crippen molar-refractivity contribution in [1.82, 2.24) is 8.87 Å². The van der Waals surface area contributed by atoms with Crippen molar-refractivity contribution in [3.8, 4) is 5.75 Å². The molecule has 4 rings (SSSR count). The molecule has 1 heterocycles. The van der Waals surface area contributed by atoms with Gasteiger partial charge in [0, 0.05) is 18.1 Å². The van der Waals surface area contributed by atoms with Crippen molar-refractivity contribution in [2.24, 2.45) is 0 Å². The molecule has 29 heavy (non-hydrogen) atoms. The molecule has 0 bridgehead atoms. The lowest BCUT2D eigenvalue weighted by Gasteiger charge is -2.09. The predicted molar refractivity (Wildman–Crippen MR) is 117 cm³/mol. The van der Waals surface area contributed by atoms with E-state index in [1.54, 1.807) is 31.5 Å². The summed E-state index contributed by atoms with van der Waals surface area (Å²) < 4.78 is 33.8. The van der Waals surface area contributed by atoms with Crippen LogP contribution in [0.1, 0.15) is 5.56 Å². The fraction of sp³-hybridized carbons (Fsp3) is 0.217. The van der Waals surface area contributed by atoms with Crippen LogP contribution in [0.5, 0.6) is 5.75 Å². The molecule has 0 saturated carbocycles.